The van der Waals surface area contributed by atoms with Crippen LogP contribution in [0.25, 0.3) is 0 Å². The second kappa shape index (κ2) is 38.6. The maximum atomic E-state index is 13.0. The quantitative estimate of drug-likeness (QED) is 0.0188. The molecule has 2 aliphatic heterocycles. The summed E-state index contributed by atoms with van der Waals surface area (Å²) in [6.45, 7) is 2.52. The van der Waals surface area contributed by atoms with E-state index in [2.05, 4.69) is 50.3 Å². The minimum Gasteiger partial charge on any atom is -0.462 e. The molecule has 15 heteroatoms. The van der Waals surface area contributed by atoms with Crippen molar-refractivity contribution in [3.8, 4) is 0 Å². The van der Waals surface area contributed by atoms with Crippen molar-refractivity contribution >= 4 is 11.9 Å². The van der Waals surface area contributed by atoms with Crippen LogP contribution in [0, 0.1) is 0 Å². The lowest BCUT2D eigenvalue weighted by Crippen LogP contribution is -2.61. The topological polar surface area (TPSA) is 231 Å². The molecule has 2 saturated heterocycles. The largest absolute Gasteiger partial charge is 0.462 e. The monoisotopic (exact) mass is 943 g/mol. The zero-order valence-electron chi connectivity index (χ0n) is 40.4. The Morgan fingerprint density at radius 3 is 1.50 bits per heavy atom. The Morgan fingerprint density at radius 1 is 0.485 bits per heavy atom. The number of carbonyl (C=O) groups excluding carboxylic acids is 2. The van der Waals surface area contributed by atoms with Crippen molar-refractivity contribution in [3.05, 3.63) is 36.5 Å². The molecule has 15 nitrogen and oxygen atoms in total. The van der Waals surface area contributed by atoms with E-state index in [1.807, 2.05) is 0 Å². The first-order valence-corrected chi connectivity index (χ1v) is 25.6. The molecule has 0 aliphatic carbocycles. The summed E-state index contributed by atoms with van der Waals surface area (Å²) in [7, 11) is 0. The first-order valence-electron chi connectivity index (χ1n) is 25.6. The predicted octanol–water partition coefficient (Wildman–Crippen LogP) is 6.93. The normalized spacial score (nSPS) is 26.4. The SMILES string of the molecule is CCCC/C=C/CCCCCCCCCCCC(=O)OC[C@H](CO[C@@H]1O[C@H](CO[C@@H]2O[C@H](CO)[C@H](O)C(O)C2O)[C@H](O)C(O)C1O)OC(=O)CCCC/C=C/C/C=C/CCCCCCCC. The number of allylic oxidation sites excluding steroid dienone is 6. The molecule has 0 radical (unpaired) electrons. The van der Waals surface area contributed by atoms with Crippen LogP contribution in [-0.2, 0) is 38.0 Å². The Balaban J connectivity index is 1.83. The predicted molar refractivity (Wildman–Crippen MR) is 252 cm³/mol. The minimum absolute atomic E-state index is 0.123. The van der Waals surface area contributed by atoms with E-state index in [1.54, 1.807) is 0 Å². The van der Waals surface area contributed by atoms with Gasteiger partial charge in [0, 0.05) is 12.8 Å². The number of aliphatic hydroxyl groups excluding tert-OH is 7. The lowest BCUT2D eigenvalue weighted by Gasteiger charge is -2.42. The molecule has 0 aromatic heterocycles. The molecule has 2 heterocycles. The van der Waals surface area contributed by atoms with Crippen LogP contribution in [0.3, 0.4) is 0 Å². The van der Waals surface area contributed by atoms with Crippen LogP contribution in [0.1, 0.15) is 181 Å². The van der Waals surface area contributed by atoms with E-state index in [-0.39, 0.29) is 19.4 Å². The zero-order valence-corrected chi connectivity index (χ0v) is 40.4. The molecule has 11 atom stereocenters. The summed E-state index contributed by atoms with van der Waals surface area (Å²) in [6, 6.07) is 0. The summed E-state index contributed by atoms with van der Waals surface area (Å²) < 4.78 is 33.5. The van der Waals surface area contributed by atoms with E-state index in [9.17, 15) is 45.3 Å². The average molecular weight is 943 g/mol. The van der Waals surface area contributed by atoms with Crippen LogP contribution < -0.4 is 0 Å². The van der Waals surface area contributed by atoms with Gasteiger partial charge in [0.25, 0.3) is 0 Å². The third kappa shape index (κ3) is 26.5. The molecule has 384 valence electrons. The van der Waals surface area contributed by atoms with Gasteiger partial charge in [0.15, 0.2) is 18.7 Å². The highest BCUT2D eigenvalue weighted by Gasteiger charge is 2.47. The molecule has 7 N–H and O–H groups in total. The van der Waals surface area contributed by atoms with Gasteiger partial charge in [-0.2, -0.15) is 0 Å². The maximum Gasteiger partial charge on any atom is 0.306 e. The van der Waals surface area contributed by atoms with Crippen molar-refractivity contribution in [2.24, 2.45) is 0 Å². The van der Waals surface area contributed by atoms with Gasteiger partial charge >= 0.3 is 11.9 Å². The van der Waals surface area contributed by atoms with Gasteiger partial charge in [-0.25, -0.2) is 0 Å². The second-order valence-corrected chi connectivity index (χ2v) is 18.0. The Bertz CT molecular complexity index is 1290. The highest BCUT2D eigenvalue weighted by molar-refractivity contribution is 5.70. The summed E-state index contributed by atoms with van der Waals surface area (Å²) >= 11 is 0. The number of esters is 2. The van der Waals surface area contributed by atoms with Crippen molar-refractivity contribution in [3.63, 3.8) is 0 Å². The van der Waals surface area contributed by atoms with Crippen LogP contribution >= 0.6 is 0 Å². The zero-order chi connectivity index (χ0) is 48.2. The molecule has 0 aromatic carbocycles. The summed E-state index contributed by atoms with van der Waals surface area (Å²) in [6.07, 6.45) is 23.2. The van der Waals surface area contributed by atoms with Crippen molar-refractivity contribution < 1.29 is 73.8 Å². The van der Waals surface area contributed by atoms with E-state index >= 15 is 0 Å². The van der Waals surface area contributed by atoms with E-state index in [0.717, 1.165) is 51.4 Å². The second-order valence-electron chi connectivity index (χ2n) is 18.0. The Labute approximate surface area is 395 Å². The van der Waals surface area contributed by atoms with Crippen molar-refractivity contribution in [1.29, 1.82) is 0 Å². The van der Waals surface area contributed by atoms with Crippen molar-refractivity contribution in [2.75, 3.05) is 26.4 Å². The molecule has 2 fully saturated rings. The van der Waals surface area contributed by atoms with Gasteiger partial charge in [-0.05, 0) is 64.2 Å². The van der Waals surface area contributed by atoms with Gasteiger partial charge in [-0.1, -0.05) is 140 Å². The van der Waals surface area contributed by atoms with Gasteiger partial charge < -0.3 is 64.2 Å². The Morgan fingerprint density at radius 2 is 0.924 bits per heavy atom. The number of unbranched alkanes of at least 4 members (excludes halogenated alkanes) is 19. The molecule has 2 rings (SSSR count). The number of hydrogen-bond acceptors (Lipinski definition) is 15. The molecule has 0 amide bonds. The summed E-state index contributed by atoms with van der Waals surface area (Å²) in [5, 5.41) is 72.0. The third-order valence-corrected chi connectivity index (χ3v) is 12.1. The number of hydrogen-bond donors (Lipinski definition) is 7. The maximum absolute atomic E-state index is 13.0. The van der Waals surface area contributed by atoms with Crippen LogP contribution in [0.15, 0.2) is 36.5 Å². The first-order chi connectivity index (χ1) is 32.0. The number of ether oxygens (including phenoxy) is 6. The van der Waals surface area contributed by atoms with Crippen LogP contribution in [-0.4, -0.2) is 142 Å². The number of carbonyl (C=O) groups is 2. The molecule has 0 spiro atoms. The Hall–Kier alpha value is -2.28. The van der Waals surface area contributed by atoms with Gasteiger partial charge in [0.2, 0.25) is 0 Å². The summed E-state index contributed by atoms with van der Waals surface area (Å²) in [5.41, 5.74) is 0. The molecular weight excluding hydrogens is 853 g/mol. The highest BCUT2D eigenvalue weighted by Crippen LogP contribution is 2.26. The van der Waals surface area contributed by atoms with E-state index in [4.69, 9.17) is 28.4 Å². The molecular formula is C51H90O15. The lowest BCUT2D eigenvalue weighted by molar-refractivity contribution is -0.332. The molecule has 0 saturated carbocycles. The fourth-order valence-corrected chi connectivity index (χ4v) is 7.82. The smallest absolute Gasteiger partial charge is 0.306 e. The molecule has 66 heavy (non-hydrogen) atoms. The third-order valence-electron chi connectivity index (χ3n) is 12.1. The molecule has 0 bridgehead atoms. The average Bonchev–Trinajstić information content (AvgIpc) is 3.31. The van der Waals surface area contributed by atoms with Crippen LogP contribution in [0.2, 0.25) is 0 Å². The fraction of sp³-hybridized carbons (Fsp3) is 0.843. The van der Waals surface area contributed by atoms with Crippen molar-refractivity contribution in [2.45, 2.75) is 248 Å². The first kappa shape index (κ1) is 59.8. The summed E-state index contributed by atoms with van der Waals surface area (Å²) in [5.74, 6) is -0.964. The minimum atomic E-state index is -1.77. The standard InChI is InChI=1S/C51H90O15/c1-3-5-7-9-11-13-15-17-19-21-23-25-27-29-31-33-42(53)61-36-39(64-43(54)34-32-30-28-26-24-22-20-18-16-14-12-10-8-6-4-2)37-62-50-49(60)47(58)45(56)41(66-50)38-63-51-48(59)46(57)44(55)40(35-52)65-51/h9,11,18,20,24,26,39-41,44-52,55-60H,3-8,10,12-17,19,21-23,25,27-38H2,1-2H3/b11-9+,20-18+,26-24+/t39-,40-,41-,44+,45+,46?,47?,48?,49?,50-,51-/m1/s1. The van der Waals surface area contributed by atoms with Gasteiger partial charge in [0.05, 0.1) is 19.8 Å². The number of aliphatic hydroxyl groups is 7. The Kier molecular flexibility index (Phi) is 35.0. The van der Waals surface area contributed by atoms with Gasteiger partial charge in [0.1, 0.15) is 55.4 Å². The van der Waals surface area contributed by atoms with Crippen LogP contribution in [0.4, 0.5) is 0 Å². The fourth-order valence-electron chi connectivity index (χ4n) is 7.82. The van der Waals surface area contributed by atoms with Crippen LogP contribution in [0.5, 0.6) is 0 Å². The van der Waals surface area contributed by atoms with E-state index in [1.165, 1.54) is 89.9 Å². The van der Waals surface area contributed by atoms with E-state index in [0.29, 0.717) is 12.8 Å². The van der Waals surface area contributed by atoms with Crippen molar-refractivity contribution in [1.82, 2.24) is 0 Å². The van der Waals surface area contributed by atoms with Gasteiger partial charge in [-0.15, -0.1) is 0 Å². The number of rotatable bonds is 39. The molecule has 0 aromatic rings. The molecule has 2 aliphatic rings. The molecule has 4 unspecified atom stereocenters. The highest BCUT2D eigenvalue weighted by atomic mass is 16.7. The van der Waals surface area contributed by atoms with Gasteiger partial charge in [-0.3, -0.25) is 9.59 Å². The lowest BCUT2D eigenvalue weighted by atomic mass is 9.98. The van der Waals surface area contributed by atoms with E-state index < -0.39 is 99.3 Å². The summed E-state index contributed by atoms with van der Waals surface area (Å²) in [4.78, 5) is 25.7.